The van der Waals surface area contributed by atoms with Gasteiger partial charge in [-0.1, -0.05) is 0 Å². The van der Waals surface area contributed by atoms with Crippen LogP contribution in [0.25, 0.3) is 0 Å². The van der Waals surface area contributed by atoms with Gasteiger partial charge in [-0.2, -0.15) is 10.4 Å². The Balaban J connectivity index is 3.23. The largest absolute Gasteiger partial charge is 0.191 e. The highest BCUT2D eigenvalue weighted by Crippen LogP contribution is 2.01. The van der Waals surface area contributed by atoms with Crippen molar-refractivity contribution in [3.05, 3.63) is 23.0 Å². The number of aryl methyl sites for hydroxylation is 2. The molecular formula is C7H7N3. The predicted octanol–water partition coefficient (Wildman–Crippen LogP) is 0.965. The quantitative estimate of drug-likeness (QED) is 0.529. The minimum Gasteiger partial charge on any atom is -0.191 e. The normalized spacial score (nSPS) is 8.90. The molecule has 0 saturated heterocycles. The summed E-state index contributed by atoms with van der Waals surface area (Å²) in [6, 6.07) is 3.79. The maximum atomic E-state index is 8.46. The van der Waals surface area contributed by atoms with Crippen LogP contribution in [0.5, 0.6) is 0 Å². The van der Waals surface area contributed by atoms with Gasteiger partial charge in [-0.25, -0.2) is 0 Å². The van der Waals surface area contributed by atoms with E-state index in [0.717, 1.165) is 11.3 Å². The smallest absolute Gasteiger partial charge is 0.166 e. The number of nitrogens with zero attached hydrogens (tertiary/aromatic N) is 3. The second-order valence-electron chi connectivity index (χ2n) is 2.13. The molecule has 0 aliphatic rings. The number of rotatable bonds is 0. The molecule has 0 saturated carbocycles. The molecule has 0 N–H and O–H groups in total. The highest BCUT2D eigenvalue weighted by Gasteiger charge is 1.97. The molecule has 0 fully saturated rings. The Morgan fingerprint density at radius 2 is 2.10 bits per heavy atom. The molecule has 0 aliphatic carbocycles. The van der Waals surface area contributed by atoms with Crippen LogP contribution in [0, 0.1) is 25.2 Å². The van der Waals surface area contributed by atoms with Gasteiger partial charge in [0.05, 0.1) is 5.69 Å². The number of nitriles is 1. The Morgan fingerprint density at radius 3 is 2.60 bits per heavy atom. The topological polar surface area (TPSA) is 49.6 Å². The second-order valence-corrected chi connectivity index (χ2v) is 2.13. The lowest BCUT2D eigenvalue weighted by Gasteiger charge is -1.93. The summed E-state index contributed by atoms with van der Waals surface area (Å²) in [5.41, 5.74) is 2.14. The van der Waals surface area contributed by atoms with Gasteiger partial charge in [0, 0.05) is 0 Å². The number of aromatic nitrogens is 2. The maximum absolute atomic E-state index is 8.46. The Labute approximate surface area is 59.3 Å². The van der Waals surface area contributed by atoms with Crippen LogP contribution in [0.2, 0.25) is 0 Å². The third-order valence-corrected chi connectivity index (χ3v) is 1.21. The number of hydrogen-bond acceptors (Lipinski definition) is 3. The first-order valence-corrected chi connectivity index (χ1v) is 2.95. The SMILES string of the molecule is Cc1cc(C)c(C#N)nn1. The Bertz CT molecular complexity index is 285. The van der Waals surface area contributed by atoms with Crippen LogP contribution < -0.4 is 0 Å². The van der Waals surface area contributed by atoms with Gasteiger partial charge in [0.2, 0.25) is 0 Å². The molecule has 3 nitrogen and oxygen atoms in total. The van der Waals surface area contributed by atoms with Crippen molar-refractivity contribution >= 4 is 0 Å². The molecule has 1 rings (SSSR count). The van der Waals surface area contributed by atoms with E-state index < -0.39 is 0 Å². The van der Waals surface area contributed by atoms with Crippen LogP contribution in [-0.4, -0.2) is 10.2 Å². The van der Waals surface area contributed by atoms with Crippen LogP contribution in [0.1, 0.15) is 17.0 Å². The van der Waals surface area contributed by atoms with Crippen molar-refractivity contribution < 1.29 is 0 Å². The van der Waals surface area contributed by atoms with Crippen molar-refractivity contribution in [3.8, 4) is 6.07 Å². The lowest BCUT2D eigenvalue weighted by molar-refractivity contribution is 0.948. The third kappa shape index (κ3) is 1.11. The zero-order valence-corrected chi connectivity index (χ0v) is 5.92. The maximum Gasteiger partial charge on any atom is 0.166 e. The van der Waals surface area contributed by atoms with Crippen LogP contribution in [0.3, 0.4) is 0 Å². The summed E-state index contributed by atoms with van der Waals surface area (Å²) in [4.78, 5) is 0. The van der Waals surface area contributed by atoms with E-state index in [1.807, 2.05) is 26.0 Å². The minimum atomic E-state index is 0.408. The molecule has 0 atom stereocenters. The van der Waals surface area contributed by atoms with Gasteiger partial charge in [-0.05, 0) is 25.5 Å². The van der Waals surface area contributed by atoms with Gasteiger partial charge in [0.15, 0.2) is 5.69 Å². The standard InChI is InChI=1S/C7H7N3/c1-5-3-6(2)9-10-7(5)4-8/h3H,1-2H3. The van der Waals surface area contributed by atoms with Gasteiger partial charge in [-0.15, -0.1) is 5.10 Å². The van der Waals surface area contributed by atoms with Crippen molar-refractivity contribution in [2.24, 2.45) is 0 Å². The first kappa shape index (κ1) is 6.69. The first-order chi connectivity index (χ1) is 4.74. The summed E-state index contributed by atoms with van der Waals surface area (Å²) in [7, 11) is 0. The molecule has 0 aliphatic heterocycles. The molecule has 0 unspecified atom stereocenters. The molecule has 0 aromatic carbocycles. The molecular weight excluding hydrogens is 126 g/mol. The highest BCUT2D eigenvalue weighted by atomic mass is 15.1. The van der Waals surface area contributed by atoms with Crippen molar-refractivity contribution in [3.63, 3.8) is 0 Å². The summed E-state index contributed by atoms with van der Waals surface area (Å²) < 4.78 is 0. The zero-order chi connectivity index (χ0) is 7.56. The fourth-order valence-electron chi connectivity index (χ4n) is 0.729. The van der Waals surface area contributed by atoms with E-state index >= 15 is 0 Å². The Kier molecular flexibility index (Phi) is 1.63. The van der Waals surface area contributed by atoms with Crippen LogP contribution in [0.4, 0.5) is 0 Å². The van der Waals surface area contributed by atoms with E-state index in [0.29, 0.717) is 5.69 Å². The molecule has 10 heavy (non-hydrogen) atoms. The summed E-state index contributed by atoms with van der Waals surface area (Å²) in [5, 5.41) is 15.9. The lowest BCUT2D eigenvalue weighted by Crippen LogP contribution is -1.93. The minimum absolute atomic E-state index is 0.408. The Hall–Kier alpha value is -1.43. The van der Waals surface area contributed by atoms with E-state index in [2.05, 4.69) is 10.2 Å². The third-order valence-electron chi connectivity index (χ3n) is 1.21. The predicted molar refractivity (Wildman–Crippen MR) is 36.2 cm³/mol. The van der Waals surface area contributed by atoms with E-state index in [-0.39, 0.29) is 0 Å². The summed E-state index contributed by atoms with van der Waals surface area (Å²) in [6.07, 6.45) is 0. The molecule has 0 spiro atoms. The van der Waals surface area contributed by atoms with Crippen molar-refractivity contribution in [1.29, 1.82) is 5.26 Å². The van der Waals surface area contributed by atoms with Crippen molar-refractivity contribution in [2.45, 2.75) is 13.8 Å². The fourth-order valence-corrected chi connectivity index (χ4v) is 0.729. The second kappa shape index (κ2) is 2.44. The van der Waals surface area contributed by atoms with Crippen LogP contribution >= 0.6 is 0 Å². The first-order valence-electron chi connectivity index (χ1n) is 2.95. The zero-order valence-electron chi connectivity index (χ0n) is 5.92. The van der Waals surface area contributed by atoms with Crippen molar-refractivity contribution in [1.82, 2.24) is 10.2 Å². The van der Waals surface area contributed by atoms with Gasteiger partial charge in [-0.3, -0.25) is 0 Å². The van der Waals surface area contributed by atoms with E-state index in [1.54, 1.807) is 0 Å². The molecule has 1 heterocycles. The van der Waals surface area contributed by atoms with Gasteiger partial charge < -0.3 is 0 Å². The Morgan fingerprint density at radius 1 is 1.40 bits per heavy atom. The van der Waals surface area contributed by atoms with Crippen molar-refractivity contribution in [2.75, 3.05) is 0 Å². The van der Waals surface area contributed by atoms with Gasteiger partial charge >= 0.3 is 0 Å². The number of hydrogen-bond donors (Lipinski definition) is 0. The molecule has 3 heteroatoms. The van der Waals surface area contributed by atoms with Crippen LogP contribution in [0.15, 0.2) is 6.07 Å². The summed E-state index contributed by atoms with van der Waals surface area (Å²) in [5.74, 6) is 0. The van der Waals surface area contributed by atoms with E-state index in [1.165, 1.54) is 0 Å². The average Bonchev–Trinajstić information content (AvgIpc) is 1.88. The molecule has 0 amide bonds. The monoisotopic (exact) mass is 133 g/mol. The summed E-state index contributed by atoms with van der Waals surface area (Å²) in [6.45, 7) is 3.70. The highest BCUT2D eigenvalue weighted by molar-refractivity contribution is 5.28. The van der Waals surface area contributed by atoms with Gasteiger partial charge in [0.1, 0.15) is 6.07 Å². The average molecular weight is 133 g/mol. The molecule has 1 aromatic rings. The molecule has 1 aromatic heterocycles. The van der Waals surface area contributed by atoms with Gasteiger partial charge in [0.25, 0.3) is 0 Å². The fraction of sp³-hybridized carbons (Fsp3) is 0.286. The molecule has 50 valence electrons. The summed E-state index contributed by atoms with van der Waals surface area (Å²) >= 11 is 0. The molecule has 0 radical (unpaired) electrons. The van der Waals surface area contributed by atoms with E-state index in [4.69, 9.17) is 5.26 Å². The molecule has 0 bridgehead atoms. The van der Waals surface area contributed by atoms with Crippen LogP contribution in [-0.2, 0) is 0 Å². The van der Waals surface area contributed by atoms with E-state index in [9.17, 15) is 0 Å². The lowest BCUT2D eigenvalue weighted by atomic mass is 10.2.